The number of benzene rings is 1. The topological polar surface area (TPSA) is 68.3 Å². The van der Waals surface area contributed by atoms with Gasteiger partial charge in [0, 0.05) is 17.4 Å². The van der Waals surface area contributed by atoms with Crippen molar-refractivity contribution in [1.29, 1.82) is 0 Å². The molecule has 5 nitrogen and oxygen atoms in total. The van der Waals surface area contributed by atoms with Crippen LogP contribution in [0.15, 0.2) is 41.1 Å². The van der Waals surface area contributed by atoms with Crippen molar-refractivity contribution in [3.05, 3.63) is 58.1 Å². The Kier molecular flexibility index (Phi) is 4.64. The minimum absolute atomic E-state index is 0.244. The molecule has 0 unspecified atom stereocenters. The summed E-state index contributed by atoms with van der Waals surface area (Å²) in [7, 11) is 1.15. The smallest absolute Gasteiger partial charge is 0.340 e. The van der Waals surface area contributed by atoms with Crippen LogP contribution in [0.3, 0.4) is 0 Å². The predicted octanol–water partition coefficient (Wildman–Crippen LogP) is 3.02. The summed E-state index contributed by atoms with van der Waals surface area (Å²) in [5, 5.41) is 2.57. The predicted molar refractivity (Wildman–Crippen MR) is 77.6 cm³/mol. The fraction of sp³-hybridized carbons (Fsp3) is 0.0714. The number of carbonyl (C=O) groups excluding carboxylic acids is 2. The number of esters is 1. The molecule has 1 amide bonds. The highest BCUT2D eigenvalue weighted by molar-refractivity contribution is 9.10. The van der Waals surface area contributed by atoms with Crippen LogP contribution in [0.25, 0.3) is 0 Å². The number of pyridine rings is 1. The van der Waals surface area contributed by atoms with E-state index in [9.17, 15) is 14.0 Å². The normalized spacial score (nSPS) is 10.0. The third kappa shape index (κ3) is 3.63. The number of nitrogens with zero attached hydrogens (tertiary/aromatic N) is 1. The van der Waals surface area contributed by atoms with Crippen LogP contribution >= 0.6 is 15.9 Å². The summed E-state index contributed by atoms with van der Waals surface area (Å²) >= 11 is 3.16. The average Bonchev–Trinajstić information content (AvgIpc) is 2.48. The molecule has 1 N–H and O–H groups in total. The number of aromatic nitrogens is 1. The number of nitrogens with one attached hydrogen (secondary N) is 1. The standard InChI is InChI=1S/C14H10BrFN2O3/c1-21-14(20)10-7-9(2-3-11(10)16)18-13(19)8-4-5-17-12(15)6-8/h2-7H,1H3,(H,18,19). The third-order valence-electron chi connectivity index (χ3n) is 2.62. The Hall–Kier alpha value is -2.28. The summed E-state index contributed by atoms with van der Waals surface area (Å²) in [5.74, 6) is -1.93. The van der Waals surface area contributed by atoms with Crippen LogP contribution < -0.4 is 5.32 Å². The molecular formula is C14H10BrFN2O3. The lowest BCUT2D eigenvalue weighted by atomic mass is 10.1. The Balaban J connectivity index is 2.24. The molecule has 1 aromatic heterocycles. The highest BCUT2D eigenvalue weighted by Crippen LogP contribution is 2.17. The molecule has 0 radical (unpaired) electrons. The van der Waals surface area contributed by atoms with Crippen molar-refractivity contribution in [2.24, 2.45) is 0 Å². The lowest BCUT2D eigenvalue weighted by molar-refractivity contribution is 0.0595. The largest absolute Gasteiger partial charge is 0.465 e. The monoisotopic (exact) mass is 352 g/mol. The van der Waals surface area contributed by atoms with Crippen LogP contribution in [0.2, 0.25) is 0 Å². The van der Waals surface area contributed by atoms with Crippen molar-refractivity contribution in [1.82, 2.24) is 4.98 Å². The fourth-order valence-corrected chi connectivity index (χ4v) is 1.98. The zero-order valence-electron chi connectivity index (χ0n) is 10.9. The van der Waals surface area contributed by atoms with E-state index in [4.69, 9.17) is 0 Å². The van der Waals surface area contributed by atoms with Gasteiger partial charge in [-0.05, 0) is 46.3 Å². The maximum atomic E-state index is 13.5. The first-order valence-electron chi connectivity index (χ1n) is 5.82. The third-order valence-corrected chi connectivity index (χ3v) is 3.05. The van der Waals surface area contributed by atoms with Crippen molar-refractivity contribution in [3.8, 4) is 0 Å². The van der Waals surface area contributed by atoms with Gasteiger partial charge in [-0.15, -0.1) is 0 Å². The van der Waals surface area contributed by atoms with Gasteiger partial charge in [0.15, 0.2) is 0 Å². The van der Waals surface area contributed by atoms with E-state index < -0.39 is 17.7 Å². The first kappa shape index (κ1) is 15.1. The molecule has 1 aromatic carbocycles. The molecule has 21 heavy (non-hydrogen) atoms. The lowest BCUT2D eigenvalue weighted by Crippen LogP contribution is -2.13. The Bertz CT molecular complexity index is 706. The summed E-state index contributed by atoms with van der Waals surface area (Å²) in [6.07, 6.45) is 1.48. The zero-order valence-corrected chi connectivity index (χ0v) is 12.5. The second-order valence-electron chi connectivity index (χ2n) is 4.01. The molecule has 108 valence electrons. The maximum absolute atomic E-state index is 13.5. The molecule has 1 heterocycles. The van der Waals surface area contributed by atoms with Crippen molar-refractivity contribution in [2.75, 3.05) is 12.4 Å². The molecule has 2 aromatic rings. The molecule has 0 aliphatic carbocycles. The molecular weight excluding hydrogens is 343 g/mol. The molecule has 0 saturated carbocycles. The number of hydrogen-bond acceptors (Lipinski definition) is 4. The SMILES string of the molecule is COC(=O)c1cc(NC(=O)c2ccnc(Br)c2)ccc1F. The molecule has 0 atom stereocenters. The van der Waals surface area contributed by atoms with Crippen molar-refractivity contribution in [3.63, 3.8) is 0 Å². The number of carbonyl (C=O) groups is 2. The first-order valence-corrected chi connectivity index (χ1v) is 6.61. The minimum atomic E-state index is -0.810. The number of anilines is 1. The number of ether oxygens (including phenoxy) is 1. The van der Waals surface area contributed by atoms with Crippen LogP contribution in [0.1, 0.15) is 20.7 Å². The number of amides is 1. The lowest BCUT2D eigenvalue weighted by Gasteiger charge is -2.08. The molecule has 0 saturated heterocycles. The van der Waals surface area contributed by atoms with Gasteiger partial charge in [0.05, 0.1) is 12.7 Å². The van der Waals surface area contributed by atoms with E-state index in [0.29, 0.717) is 10.2 Å². The van der Waals surface area contributed by atoms with Crippen molar-refractivity contribution in [2.45, 2.75) is 0 Å². The molecule has 0 spiro atoms. The molecule has 0 bridgehead atoms. The zero-order chi connectivity index (χ0) is 15.4. The Morgan fingerprint density at radius 2 is 2.05 bits per heavy atom. The fourth-order valence-electron chi connectivity index (χ4n) is 1.62. The summed E-state index contributed by atoms with van der Waals surface area (Å²) in [6.45, 7) is 0. The van der Waals surface area contributed by atoms with E-state index >= 15 is 0 Å². The highest BCUT2D eigenvalue weighted by Gasteiger charge is 2.14. The van der Waals surface area contributed by atoms with Gasteiger partial charge in [-0.3, -0.25) is 4.79 Å². The second kappa shape index (κ2) is 6.45. The Morgan fingerprint density at radius 3 is 2.71 bits per heavy atom. The van der Waals surface area contributed by atoms with Crippen molar-refractivity contribution >= 4 is 33.5 Å². The van der Waals surface area contributed by atoms with Crippen LogP contribution in [0.5, 0.6) is 0 Å². The molecule has 2 rings (SSSR count). The Labute approximate surface area is 128 Å². The average molecular weight is 353 g/mol. The number of rotatable bonds is 3. The quantitative estimate of drug-likeness (QED) is 0.680. The summed E-state index contributed by atoms with van der Waals surface area (Å²) in [6, 6.07) is 6.74. The maximum Gasteiger partial charge on any atom is 0.340 e. The number of halogens is 2. The van der Waals surface area contributed by atoms with E-state index in [1.54, 1.807) is 6.07 Å². The van der Waals surface area contributed by atoms with E-state index in [-0.39, 0.29) is 11.3 Å². The highest BCUT2D eigenvalue weighted by atomic mass is 79.9. The summed E-state index contributed by atoms with van der Waals surface area (Å²) in [5.41, 5.74) is 0.418. The summed E-state index contributed by atoms with van der Waals surface area (Å²) in [4.78, 5) is 27.3. The van der Waals surface area contributed by atoms with Crippen LogP contribution in [-0.2, 0) is 4.74 Å². The molecule has 7 heteroatoms. The van der Waals surface area contributed by atoms with Gasteiger partial charge in [0.2, 0.25) is 0 Å². The summed E-state index contributed by atoms with van der Waals surface area (Å²) < 4.78 is 18.5. The second-order valence-corrected chi connectivity index (χ2v) is 4.82. The van der Waals surface area contributed by atoms with Gasteiger partial charge >= 0.3 is 5.97 Å². The van der Waals surface area contributed by atoms with Gasteiger partial charge in [-0.25, -0.2) is 14.2 Å². The van der Waals surface area contributed by atoms with Gasteiger partial charge in [-0.1, -0.05) is 0 Å². The van der Waals surface area contributed by atoms with Gasteiger partial charge in [0.1, 0.15) is 10.4 Å². The molecule has 0 fully saturated rings. The van der Waals surface area contributed by atoms with Gasteiger partial charge in [0.25, 0.3) is 5.91 Å². The van der Waals surface area contributed by atoms with Crippen LogP contribution in [-0.4, -0.2) is 24.0 Å². The minimum Gasteiger partial charge on any atom is -0.465 e. The Morgan fingerprint density at radius 1 is 1.29 bits per heavy atom. The molecule has 0 aliphatic heterocycles. The molecule has 0 aliphatic rings. The van der Waals surface area contributed by atoms with Crippen molar-refractivity contribution < 1.29 is 18.7 Å². The van der Waals surface area contributed by atoms with Crippen LogP contribution in [0, 0.1) is 5.82 Å². The van der Waals surface area contributed by atoms with E-state index in [0.717, 1.165) is 13.2 Å². The number of methoxy groups -OCH3 is 1. The first-order chi connectivity index (χ1) is 10.0. The van der Waals surface area contributed by atoms with Crippen LogP contribution in [0.4, 0.5) is 10.1 Å². The van der Waals surface area contributed by atoms with Gasteiger partial charge in [-0.2, -0.15) is 0 Å². The van der Waals surface area contributed by atoms with E-state index in [2.05, 4.69) is 31.0 Å². The van der Waals surface area contributed by atoms with E-state index in [1.165, 1.54) is 24.4 Å². The number of hydrogen-bond donors (Lipinski definition) is 1. The van der Waals surface area contributed by atoms with E-state index in [1.807, 2.05) is 0 Å². The van der Waals surface area contributed by atoms with Gasteiger partial charge < -0.3 is 10.1 Å².